The Bertz CT molecular complexity index is 1260. The fraction of sp³-hybridized carbons (Fsp3) is 0.348. The number of aliphatic hydroxyl groups excluding tert-OH is 1. The summed E-state index contributed by atoms with van der Waals surface area (Å²) in [5.74, 6) is 2.59. The Hall–Kier alpha value is -3.50. The summed E-state index contributed by atoms with van der Waals surface area (Å²) in [4.78, 5) is 8.76. The summed E-state index contributed by atoms with van der Waals surface area (Å²) in [5.41, 5.74) is 2.11. The molecule has 1 atom stereocenters. The Morgan fingerprint density at radius 3 is 2.50 bits per heavy atom. The smallest absolute Gasteiger partial charge is 0.243 e. The number of halogens is 1. The molecule has 0 aliphatic rings. The minimum atomic E-state index is -0.638. The first-order chi connectivity index (χ1) is 16.5. The van der Waals surface area contributed by atoms with Crippen molar-refractivity contribution >= 4 is 28.8 Å². The van der Waals surface area contributed by atoms with E-state index >= 15 is 0 Å². The summed E-state index contributed by atoms with van der Waals surface area (Å²) in [6.07, 6.45) is 5.37. The van der Waals surface area contributed by atoms with Crippen LogP contribution in [0.2, 0.25) is 5.28 Å². The van der Waals surface area contributed by atoms with Gasteiger partial charge in [-0.05, 0) is 30.2 Å². The molecule has 11 heteroatoms. The first kappa shape index (κ1) is 23.7. The number of ether oxygens (including phenoxy) is 3. The fourth-order valence-electron chi connectivity index (χ4n) is 3.75. The van der Waals surface area contributed by atoms with Crippen molar-refractivity contribution < 1.29 is 19.3 Å². The number of methoxy groups -OCH3 is 3. The quantitative estimate of drug-likeness (QED) is 0.336. The number of aliphatic hydroxyl groups is 1. The van der Waals surface area contributed by atoms with Crippen LogP contribution in [-0.2, 0) is 0 Å². The molecule has 0 saturated heterocycles. The van der Waals surface area contributed by atoms with Crippen molar-refractivity contribution in [1.29, 1.82) is 0 Å². The second kappa shape index (κ2) is 10.2. The number of nitrogens with zero attached hydrogens (tertiary/aromatic N) is 5. The van der Waals surface area contributed by atoms with E-state index < -0.39 is 6.10 Å². The van der Waals surface area contributed by atoms with Crippen LogP contribution in [0.1, 0.15) is 38.0 Å². The van der Waals surface area contributed by atoms with Crippen molar-refractivity contribution in [2.24, 2.45) is 0 Å². The van der Waals surface area contributed by atoms with Crippen molar-refractivity contribution in [2.75, 3.05) is 26.6 Å². The molecule has 180 valence electrons. The highest BCUT2D eigenvalue weighted by Crippen LogP contribution is 2.39. The maximum Gasteiger partial charge on any atom is 0.243 e. The summed E-state index contributed by atoms with van der Waals surface area (Å²) in [7, 11) is 4.69. The number of fused-ring (bicyclic) bond motifs is 1. The van der Waals surface area contributed by atoms with Gasteiger partial charge < -0.3 is 29.2 Å². The van der Waals surface area contributed by atoms with Crippen LogP contribution in [-0.4, -0.2) is 50.6 Å². The second-order valence-electron chi connectivity index (χ2n) is 7.62. The highest BCUT2D eigenvalue weighted by molar-refractivity contribution is 6.28. The van der Waals surface area contributed by atoms with Gasteiger partial charge in [0.1, 0.15) is 17.7 Å². The molecule has 0 aliphatic carbocycles. The number of imidazole rings is 1. The third kappa shape index (κ3) is 4.59. The molecule has 1 aromatic carbocycles. The molecular weight excluding hydrogens is 460 g/mol. The summed E-state index contributed by atoms with van der Waals surface area (Å²) < 4.78 is 19.7. The van der Waals surface area contributed by atoms with Gasteiger partial charge in [0.25, 0.3) is 0 Å². The van der Waals surface area contributed by atoms with Gasteiger partial charge in [0.2, 0.25) is 11.0 Å². The lowest BCUT2D eigenvalue weighted by molar-refractivity contribution is 0.157. The predicted octanol–water partition coefficient (Wildman–Crippen LogP) is 4.56. The highest BCUT2D eigenvalue weighted by atomic mass is 35.5. The summed E-state index contributed by atoms with van der Waals surface area (Å²) in [5, 5.41) is 18.1. The topological polar surface area (TPSA) is 108 Å². The average Bonchev–Trinajstić information content (AvgIpc) is 3.48. The molecule has 0 bridgehead atoms. The normalized spacial score (nSPS) is 12.1. The number of rotatable bonds is 10. The fourth-order valence-corrected chi connectivity index (χ4v) is 3.91. The minimum Gasteiger partial charge on any atom is -0.493 e. The van der Waals surface area contributed by atoms with E-state index in [1.165, 1.54) is 0 Å². The van der Waals surface area contributed by atoms with E-state index in [0.29, 0.717) is 46.5 Å². The maximum absolute atomic E-state index is 10.6. The monoisotopic (exact) mass is 486 g/mol. The van der Waals surface area contributed by atoms with Crippen molar-refractivity contribution in [1.82, 2.24) is 24.1 Å². The number of hydrogen-bond acceptors (Lipinski definition) is 8. The molecule has 1 unspecified atom stereocenters. The van der Waals surface area contributed by atoms with Gasteiger partial charge in [-0.1, -0.05) is 19.8 Å². The number of benzene rings is 1. The summed E-state index contributed by atoms with van der Waals surface area (Å²) in [6.45, 7) is 2.08. The predicted molar refractivity (Wildman–Crippen MR) is 129 cm³/mol. The Balaban J connectivity index is 1.65. The Morgan fingerprint density at radius 2 is 1.85 bits per heavy atom. The molecular formula is C23H27ClN6O4. The van der Waals surface area contributed by atoms with E-state index in [9.17, 15) is 5.11 Å². The summed E-state index contributed by atoms with van der Waals surface area (Å²) in [6, 6.07) is 7.33. The second-order valence-corrected chi connectivity index (χ2v) is 7.96. The Morgan fingerprint density at radius 1 is 1.12 bits per heavy atom. The number of unbranched alkanes of at least 4 members (excludes halogenated alkanes) is 1. The number of aromatic nitrogens is 5. The van der Waals surface area contributed by atoms with Gasteiger partial charge in [-0.15, -0.1) is 5.10 Å². The van der Waals surface area contributed by atoms with Crippen molar-refractivity contribution in [3.05, 3.63) is 47.8 Å². The molecule has 10 nitrogen and oxygen atoms in total. The summed E-state index contributed by atoms with van der Waals surface area (Å²) >= 11 is 6.19. The van der Waals surface area contributed by atoms with Gasteiger partial charge in [0.15, 0.2) is 17.3 Å². The standard InChI is InChI=1S/C23H27ClN6O4/c1-5-6-7-17(31)15-8-9-16-22(27-23(24)28-30(15)16)26-20-12-29(13-25-20)14-10-18(32-2)21(34-4)19(11-14)33-3/h8-13,17,31H,5-7H2,1-4H3,(H,26,27,28). The zero-order chi connectivity index (χ0) is 24.2. The molecule has 0 amide bonds. The van der Waals surface area contributed by atoms with Gasteiger partial charge >= 0.3 is 0 Å². The van der Waals surface area contributed by atoms with Gasteiger partial charge in [-0.3, -0.25) is 0 Å². The van der Waals surface area contributed by atoms with Crippen LogP contribution >= 0.6 is 11.6 Å². The zero-order valence-electron chi connectivity index (χ0n) is 19.4. The molecule has 0 spiro atoms. The molecule has 3 heterocycles. The lowest BCUT2D eigenvalue weighted by Crippen LogP contribution is -2.07. The lowest BCUT2D eigenvalue weighted by atomic mass is 10.1. The van der Waals surface area contributed by atoms with Crippen molar-refractivity contribution in [3.63, 3.8) is 0 Å². The van der Waals surface area contributed by atoms with Gasteiger partial charge in [0.05, 0.1) is 45.0 Å². The molecule has 0 aliphatic heterocycles. The Labute approximate surface area is 202 Å². The van der Waals surface area contributed by atoms with Crippen LogP contribution in [0.25, 0.3) is 11.2 Å². The SMILES string of the molecule is CCCCC(O)c1ccc2c(Nc3cn(-c4cc(OC)c(OC)c(OC)c4)cn3)nc(Cl)nn12. The van der Waals surface area contributed by atoms with Gasteiger partial charge in [-0.25, -0.2) is 9.50 Å². The molecule has 2 N–H and O–H groups in total. The molecule has 0 saturated carbocycles. The van der Waals surface area contributed by atoms with E-state index in [-0.39, 0.29) is 5.28 Å². The van der Waals surface area contributed by atoms with Gasteiger partial charge in [-0.2, -0.15) is 4.98 Å². The minimum absolute atomic E-state index is 0.0548. The van der Waals surface area contributed by atoms with E-state index in [4.69, 9.17) is 25.8 Å². The van der Waals surface area contributed by atoms with Crippen LogP contribution in [0.15, 0.2) is 36.8 Å². The molecule has 34 heavy (non-hydrogen) atoms. The van der Waals surface area contributed by atoms with Crippen LogP contribution < -0.4 is 19.5 Å². The largest absolute Gasteiger partial charge is 0.493 e. The number of anilines is 2. The van der Waals surface area contributed by atoms with E-state index in [1.54, 1.807) is 38.4 Å². The van der Waals surface area contributed by atoms with Crippen LogP contribution in [0.4, 0.5) is 11.6 Å². The van der Waals surface area contributed by atoms with E-state index in [2.05, 4.69) is 27.3 Å². The molecule has 0 fully saturated rings. The zero-order valence-corrected chi connectivity index (χ0v) is 20.2. The maximum atomic E-state index is 10.6. The first-order valence-corrected chi connectivity index (χ1v) is 11.2. The van der Waals surface area contributed by atoms with E-state index in [1.807, 2.05) is 28.8 Å². The molecule has 3 aromatic heterocycles. The average molecular weight is 487 g/mol. The third-order valence-corrected chi connectivity index (χ3v) is 5.62. The molecule has 4 rings (SSSR count). The van der Waals surface area contributed by atoms with Crippen LogP contribution in [0, 0.1) is 0 Å². The number of hydrogen-bond donors (Lipinski definition) is 2. The van der Waals surface area contributed by atoms with Crippen LogP contribution in [0.5, 0.6) is 17.2 Å². The number of nitrogens with one attached hydrogen (secondary N) is 1. The lowest BCUT2D eigenvalue weighted by Gasteiger charge is -2.14. The highest BCUT2D eigenvalue weighted by Gasteiger charge is 2.18. The van der Waals surface area contributed by atoms with Crippen molar-refractivity contribution in [2.45, 2.75) is 32.3 Å². The molecule has 0 radical (unpaired) electrons. The van der Waals surface area contributed by atoms with Gasteiger partial charge in [0, 0.05) is 12.1 Å². The van der Waals surface area contributed by atoms with E-state index in [0.717, 1.165) is 18.5 Å². The van der Waals surface area contributed by atoms with Crippen LogP contribution in [0.3, 0.4) is 0 Å². The van der Waals surface area contributed by atoms with Crippen molar-refractivity contribution in [3.8, 4) is 22.9 Å². The molecule has 4 aromatic rings. The first-order valence-electron chi connectivity index (χ1n) is 10.8. The Kier molecular flexibility index (Phi) is 7.09. The third-order valence-electron chi connectivity index (χ3n) is 5.46.